The maximum atomic E-state index is 12.5. The first-order valence-corrected chi connectivity index (χ1v) is 6.96. The summed E-state index contributed by atoms with van der Waals surface area (Å²) in [5.41, 5.74) is -0.463. The second-order valence-electron chi connectivity index (χ2n) is 5.36. The lowest BCUT2D eigenvalue weighted by Gasteiger charge is -2.25. The van der Waals surface area contributed by atoms with Gasteiger partial charge in [-0.3, -0.25) is 9.59 Å². The van der Waals surface area contributed by atoms with Crippen LogP contribution in [-0.4, -0.2) is 36.6 Å². The van der Waals surface area contributed by atoms with Crippen LogP contribution in [0.4, 0.5) is 0 Å². The number of ether oxygens (including phenoxy) is 1. The van der Waals surface area contributed by atoms with Gasteiger partial charge in [-0.25, -0.2) is 4.79 Å². The molecule has 6 nitrogen and oxygen atoms in total. The molecule has 1 aromatic carbocycles. The van der Waals surface area contributed by atoms with Crippen molar-refractivity contribution < 1.29 is 24.0 Å². The van der Waals surface area contributed by atoms with Crippen LogP contribution in [-0.2, 0) is 14.4 Å². The van der Waals surface area contributed by atoms with Crippen LogP contribution in [0.15, 0.2) is 36.4 Å². The zero-order valence-electron chi connectivity index (χ0n) is 12.1. The molecule has 6 heteroatoms. The molecule has 0 radical (unpaired) electrons. The fraction of sp³-hybridized carbons (Fsp3) is 0.312. The zero-order chi connectivity index (χ0) is 15.7. The molecule has 1 heterocycles. The van der Waals surface area contributed by atoms with Gasteiger partial charge in [0.25, 0.3) is 11.8 Å². The van der Waals surface area contributed by atoms with E-state index in [-0.39, 0.29) is 17.7 Å². The molecule has 1 aromatic rings. The normalized spacial score (nSPS) is 23.0. The summed E-state index contributed by atoms with van der Waals surface area (Å²) in [6, 6.07) is 6.37. The molecule has 1 unspecified atom stereocenters. The van der Waals surface area contributed by atoms with Crippen molar-refractivity contribution in [3.63, 3.8) is 0 Å². The summed E-state index contributed by atoms with van der Waals surface area (Å²) >= 11 is 0. The number of carbonyl (C=O) groups excluding carboxylic acids is 3. The van der Waals surface area contributed by atoms with Gasteiger partial charge in [0.05, 0.1) is 17.7 Å². The van der Waals surface area contributed by atoms with Gasteiger partial charge in [0, 0.05) is 7.11 Å². The van der Waals surface area contributed by atoms with Gasteiger partial charge < -0.3 is 9.57 Å². The molecule has 114 valence electrons. The smallest absolute Gasteiger partial charge is 0.345 e. The van der Waals surface area contributed by atoms with E-state index in [0.29, 0.717) is 11.5 Å². The van der Waals surface area contributed by atoms with Crippen LogP contribution >= 0.6 is 0 Å². The van der Waals surface area contributed by atoms with Crippen LogP contribution in [0.1, 0.15) is 33.6 Å². The maximum absolute atomic E-state index is 12.5. The third-order valence-electron chi connectivity index (χ3n) is 3.93. The van der Waals surface area contributed by atoms with E-state index in [1.54, 1.807) is 18.2 Å². The first-order chi connectivity index (χ1) is 10.6. The van der Waals surface area contributed by atoms with Gasteiger partial charge >= 0.3 is 5.97 Å². The molecule has 2 aliphatic rings. The van der Waals surface area contributed by atoms with Crippen molar-refractivity contribution >= 4 is 17.8 Å². The first kappa shape index (κ1) is 14.5. The standard InChI is InChI=1S/C16H15NO5/c1-21-10-16(8-4-5-9-16)15(20)22-17-13(18)11-6-2-3-7-12(11)14(17)19/h2-4,6-8H,5,9-10H2,1H3. The lowest BCUT2D eigenvalue weighted by Crippen LogP contribution is -2.41. The van der Waals surface area contributed by atoms with Gasteiger partial charge in [-0.1, -0.05) is 29.3 Å². The summed E-state index contributed by atoms with van der Waals surface area (Å²) in [7, 11) is 1.49. The molecule has 1 atom stereocenters. The van der Waals surface area contributed by atoms with Crippen LogP contribution in [0.5, 0.6) is 0 Å². The Morgan fingerprint density at radius 2 is 1.86 bits per heavy atom. The third-order valence-corrected chi connectivity index (χ3v) is 3.93. The van der Waals surface area contributed by atoms with E-state index in [4.69, 9.17) is 9.57 Å². The Bertz CT molecular complexity index is 646. The summed E-state index contributed by atoms with van der Waals surface area (Å²) < 4.78 is 5.09. The highest BCUT2D eigenvalue weighted by Gasteiger charge is 2.45. The average Bonchev–Trinajstić information content (AvgIpc) is 3.09. The van der Waals surface area contributed by atoms with Crippen LogP contribution in [0.2, 0.25) is 0 Å². The lowest BCUT2D eigenvalue weighted by atomic mass is 9.89. The second kappa shape index (κ2) is 5.38. The molecule has 22 heavy (non-hydrogen) atoms. The number of methoxy groups -OCH3 is 1. The number of fused-ring (bicyclic) bond motifs is 1. The number of benzene rings is 1. The number of allylic oxidation sites excluding steroid dienone is 1. The molecule has 1 aliphatic heterocycles. The van der Waals surface area contributed by atoms with Crippen molar-refractivity contribution in [2.45, 2.75) is 12.8 Å². The zero-order valence-corrected chi connectivity index (χ0v) is 12.1. The van der Waals surface area contributed by atoms with Gasteiger partial charge in [0.1, 0.15) is 5.41 Å². The maximum Gasteiger partial charge on any atom is 0.345 e. The minimum atomic E-state index is -0.940. The summed E-state index contributed by atoms with van der Waals surface area (Å²) in [6.07, 6.45) is 4.84. The summed E-state index contributed by atoms with van der Waals surface area (Å²) in [5.74, 6) is -1.90. The quantitative estimate of drug-likeness (QED) is 0.625. The van der Waals surface area contributed by atoms with Gasteiger partial charge in [-0.15, -0.1) is 0 Å². The highest BCUT2D eigenvalue weighted by atomic mass is 16.7. The van der Waals surface area contributed by atoms with Crippen LogP contribution in [0.25, 0.3) is 0 Å². The number of hydroxylamine groups is 2. The van der Waals surface area contributed by atoms with E-state index >= 15 is 0 Å². The van der Waals surface area contributed by atoms with Crippen molar-refractivity contribution in [2.75, 3.05) is 13.7 Å². The third kappa shape index (κ3) is 2.12. The molecule has 0 saturated carbocycles. The SMILES string of the molecule is COCC1(C(=O)ON2C(=O)c3ccccc3C2=O)C=CCC1. The van der Waals surface area contributed by atoms with Crippen LogP contribution in [0, 0.1) is 5.41 Å². The molecular formula is C16H15NO5. The topological polar surface area (TPSA) is 72.9 Å². The van der Waals surface area contributed by atoms with E-state index in [1.165, 1.54) is 19.2 Å². The second-order valence-corrected chi connectivity index (χ2v) is 5.36. The average molecular weight is 301 g/mol. The van der Waals surface area contributed by atoms with E-state index in [9.17, 15) is 14.4 Å². The highest BCUT2D eigenvalue weighted by molar-refractivity contribution is 6.20. The molecular weight excluding hydrogens is 286 g/mol. The Labute approximate surface area is 127 Å². The molecule has 0 fully saturated rings. The Morgan fingerprint density at radius 3 is 2.36 bits per heavy atom. The fourth-order valence-electron chi connectivity index (χ4n) is 2.76. The number of nitrogens with zero attached hydrogens (tertiary/aromatic N) is 1. The number of hydrogen-bond donors (Lipinski definition) is 0. The van der Waals surface area contributed by atoms with Crippen molar-refractivity contribution in [2.24, 2.45) is 5.41 Å². The summed E-state index contributed by atoms with van der Waals surface area (Å²) in [4.78, 5) is 42.0. The van der Waals surface area contributed by atoms with Crippen molar-refractivity contribution in [1.29, 1.82) is 0 Å². The van der Waals surface area contributed by atoms with E-state index < -0.39 is 23.2 Å². The highest BCUT2D eigenvalue weighted by Crippen LogP contribution is 2.35. The van der Waals surface area contributed by atoms with E-state index in [1.807, 2.05) is 6.08 Å². The predicted octanol–water partition coefficient (Wildman–Crippen LogP) is 1.72. The van der Waals surface area contributed by atoms with Gasteiger partial charge in [-0.2, -0.15) is 0 Å². The monoisotopic (exact) mass is 301 g/mol. The Morgan fingerprint density at radius 1 is 1.23 bits per heavy atom. The molecule has 0 bridgehead atoms. The number of rotatable bonds is 4. The Hall–Kier alpha value is -2.47. The molecule has 2 amide bonds. The lowest BCUT2D eigenvalue weighted by molar-refractivity contribution is -0.180. The summed E-state index contributed by atoms with van der Waals surface area (Å²) in [5, 5.41) is 0.538. The Balaban J connectivity index is 1.82. The van der Waals surface area contributed by atoms with Crippen LogP contribution < -0.4 is 0 Å². The molecule has 3 rings (SSSR count). The van der Waals surface area contributed by atoms with E-state index in [0.717, 1.165) is 6.42 Å². The largest absolute Gasteiger partial charge is 0.383 e. The first-order valence-electron chi connectivity index (χ1n) is 6.96. The van der Waals surface area contributed by atoms with Gasteiger partial charge in [-0.05, 0) is 25.0 Å². The Kier molecular flexibility index (Phi) is 3.54. The molecule has 0 spiro atoms. The minimum Gasteiger partial charge on any atom is -0.383 e. The molecule has 0 N–H and O–H groups in total. The minimum absolute atomic E-state index is 0.144. The number of amides is 2. The van der Waals surface area contributed by atoms with E-state index in [2.05, 4.69) is 0 Å². The fourth-order valence-corrected chi connectivity index (χ4v) is 2.76. The van der Waals surface area contributed by atoms with Crippen LogP contribution in [0.3, 0.4) is 0 Å². The summed E-state index contributed by atoms with van der Waals surface area (Å²) in [6.45, 7) is 0.144. The number of imide groups is 1. The van der Waals surface area contributed by atoms with Gasteiger partial charge in [0.2, 0.25) is 0 Å². The van der Waals surface area contributed by atoms with Crippen molar-refractivity contribution in [3.8, 4) is 0 Å². The predicted molar refractivity (Wildman–Crippen MR) is 75.7 cm³/mol. The van der Waals surface area contributed by atoms with Crippen molar-refractivity contribution in [3.05, 3.63) is 47.5 Å². The number of hydrogen-bond acceptors (Lipinski definition) is 5. The molecule has 0 aromatic heterocycles. The molecule has 0 saturated heterocycles. The van der Waals surface area contributed by atoms with Crippen molar-refractivity contribution in [1.82, 2.24) is 5.06 Å². The van der Waals surface area contributed by atoms with Gasteiger partial charge in [0.15, 0.2) is 0 Å². The molecule has 1 aliphatic carbocycles. The number of carbonyl (C=O) groups is 3.